The second-order valence-electron chi connectivity index (χ2n) is 9.03. The fourth-order valence-corrected chi connectivity index (χ4v) is 5.33. The van der Waals surface area contributed by atoms with Crippen molar-refractivity contribution in [2.45, 2.75) is 50.0 Å². The molecule has 1 aromatic rings. The molecule has 32 heavy (non-hydrogen) atoms. The van der Waals surface area contributed by atoms with Gasteiger partial charge in [0.1, 0.15) is 5.75 Å². The maximum Gasteiger partial charge on any atom is 0.255 e. The van der Waals surface area contributed by atoms with E-state index < -0.39 is 0 Å². The topological polar surface area (TPSA) is 95.3 Å². The molecule has 1 aliphatic carbocycles. The first-order chi connectivity index (χ1) is 15.4. The monoisotopic (exact) mass is 467 g/mol. The number of amides is 1. The molecule has 0 bridgehead atoms. The van der Waals surface area contributed by atoms with Crippen molar-refractivity contribution >= 4 is 23.2 Å². The van der Waals surface area contributed by atoms with E-state index in [-0.39, 0.29) is 23.8 Å². The van der Waals surface area contributed by atoms with Crippen molar-refractivity contribution in [3.63, 3.8) is 0 Å². The Morgan fingerprint density at radius 1 is 1.25 bits per heavy atom. The fraction of sp³-hybridized carbons (Fsp3) is 0.696. The molecule has 4 rings (SSSR count). The Labute approximate surface area is 194 Å². The van der Waals surface area contributed by atoms with E-state index in [4.69, 9.17) is 36.3 Å². The molecule has 0 unspecified atom stereocenters. The van der Waals surface area contributed by atoms with Crippen LogP contribution in [0.25, 0.3) is 0 Å². The lowest BCUT2D eigenvalue weighted by molar-refractivity contribution is -0.183. The number of nitrogens with two attached hydrogens (primary N) is 1. The van der Waals surface area contributed by atoms with Crippen molar-refractivity contribution in [1.82, 2.24) is 10.2 Å². The summed E-state index contributed by atoms with van der Waals surface area (Å²) in [6, 6.07) is 3.04. The van der Waals surface area contributed by atoms with E-state index in [1.54, 1.807) is 19.2 Å². The standard InChI is InChI=1S/C23H34ClN3O5/c1-29-20-12-18(25)17(24)11-16(20)22(28)26-19-5-8-27(14-21(19)30-2)13-15-3-6-23(7-4-15)31-9-10-32-23/h11-12,15,19,21H,3-10,13-14,25H2,1-2H3,(H,26,28)/t19-,21+/m1/s1. The summed E-state index contributed by atoms with van der Waals surface area (Å²) >= 11 is 6.13. The van der Waals surface area contributed by atoms with E-state index in [1.165, 1.54) is 7.11 Å². The number of nitrogen functional groups attached to an aromatic ring is 1. The SMILES string of the molecule is COc1cc(N)c(Cl)cc1C(=O)N[C@@H]1CCN(CC2CCC3(CC2)OCCO3)C[C@@H]1OC. The molecule has 1 aromatic carbocycles. The molecule has 1 amide bonds. The van der Waals surface area contributed by atoms with Crippen LogP contribution in [0.1, 0.15) is 42.5 Å². The summed E-state index contributed by atoms with van der Waals surface area (Å²) in [5, 5.41) is 3.44. The summed E-state index contributed by atoms with van der Waals surface area (Å²) in [7, 11) is 3.21. The van der Waals surface area contributed by atoms with Crippen LogP contribution in [0.5, 0.6) is 5.75 Å². The van der Waals surface area contributed by atoms with Crippen LogP contribution in [-0.4, -0.2) is 75.8 Å². The highest BCUT2D eigenvalue weighted by molar-refractivity contribution is 6.33. The summed E-state index contributed by atoms with van der Waals surface area (Å²) in [5.41, 5.74) is 6.59. The minimum Gasteiger partial charge on any atom is -0.496 e. The molecule has 0 radical (unpaired) electrons. The normalized spacial score (nSPS) is 26.3. The Morgan fingerprint density at radius 3 is 2.62 bits per heavy atom. The van der Waals surface area contributed by atoms with Crippen LogP contribution in [0, 0.1) is 5.92 Å². The van der Waals surface area contributed by atoms with Gasteiger partial charge in [-0.05, 0) is 31.2 Å². The van der Waals surface area contributed by atoms with Gasteiger partial charge in [-0.25, -0.2) is 0 Å². The van der Waals surface area contributed by atoms with Gasteiger partial charge in [0, 0.05) is 45.7 Å². The predicted octanol–water partition coefficient (Wildman–Crippen LogP) is 2.68. The van der Waals surface area contributed by atoms with Crippen molar-refractivity contribution in [2.75, 3.05) is 52.8 Å². The minimum absolute atomic E-state index is 0.0836. The number of ether oxygens (including phenoxy) is 4. The maximum absolute atomic E-state index is 13.0. The highest BCUT2D eigenvalue weighted by Crippen LogP contribution is 2.38. The third kappa shape index (κ3) is 5.15. The molecule has 1 saturated carbocycles. The quantitative estimate of drug-likeness (QED) is 0.621. The molecule has 2 aliphatic heterocycles. The Hall–Kier alpha value is -1.58. The number of carbonyl (C=O) groups excluding carboxylic acids is 1. The Bertz CT molecular complexity index is 807. The average Bonchev–Trinajstić information content (AvgIpc) is 3.26. The lowest BCUT2D eigenvalue weighted by Crippen LogP contribution is -2.55. The van der Waals surface area contributed by atoms with E-state index in [0.29, 0.717) is 41.2 Å². The summed E-state index contributed by atoms with van der Waals surface area (Å²) in [6.07, 6.45) is 4.92. The van der Waals surface area contributed by atoms with Crippen LogP contribution in [0.2, 0.25) is 5.02 Å². The molecular formula is C23H34ClN3O5. The Morgan fingerprint density at radius 2 is 1.97 bits per heavy atom. The number of carbonyl (C=O) groups is 1. The van der Waals surface area contributed by atoms with Gasteiger partial charge >= 0.3 is 0 Å². The molecule has 3 fully saturated rings. The molecule has 3 N–H and O–H groups in total. The second kappa shape index (κ2) is 10.1. The van der Waals surface area contributed by atoms with Crippen LogP contribution in [0.15, 0.2) is 12.1 Å². The van der Waals surface area contributed by atoms with Crippen molar-refractivity contribution in [1.29, 1.82) is 0 Å². The van der Waals surface area contributed by atoms with Gasteiger partial charge in [-0.1, -0.05) is 11.6 Å². The number of rotatable bonds is 6. The number of methoxy groups -OCH3 is 2. The van der Waals surface area contributed by atoms with Crippen LogP contribution in [-0.2, 0) is 14.2 Å². The molecular weight excluding hydrogens is 434 g/mol. The van der Waals surface area contributed by atoms with Gasteiger partial charge in [-0.3, -0.25) is 4.79 Å². The first-order valence-electron chi connectivity index (χ1n) is 11.4. The van der Waals surface area contributed by atoms with Crippen LogP contribution in [0.3, 0.4) is 0 Å². The van der Waals surface area contributed by atoms with E-state index in [1.807, 2.05) is 0 Å². The first kappa shape index (κ1) is 23.6. The van der Waals surface area contributed by atoms with Gasteiger partial charge in [0.15, 0.2) is 5.79 Å². The van der Waals surface area contributed by atoms with E-state index in [2.05, 4.69) is 10.2 Å². The average molecular weight is 468 g/mol. The number of nitrogens with one attached hydrogen (secondary N) is 1. The second-order valence-corrected chi connectivity index (χ2v) is 9.43. The number of nitrogens with zero attached hydrogens (tertiary/aromatic N) is 1. The van der Waals surface area contributed by atoms with Crippen molar-refractivity contribution in [2.24, 2.45) is 5.92 Å². The van der Waals surface area contributed by atoms with Gasteiger partial charge in [0.25, 0.3) is 5.91 Å². The summed E-state index contributed by atoms with van der Waals surface area (Å²) in [6.45, 7) is 4.18. The summed E-state index contributed by atoms with van der Waals surface area (Å²) < 4.78 is 22.8. The van der Waals surface area contributed by atoms with Gasteiger partial charge in [-0.2, -0.15) is 0 Å². The zero-order chi connectivity index (χ0) is 22.7. The van der Waals surface area contributed by atoms with Crippen molar-refractivity contribution in [3.05, 3.63) is 22.7 Å². The first-order valence-corrected chi connectivity index (χ1v) is 11.8. The number of piperidine rings is 1. The van der Waals surface area contributed by atoms with Gasteiger partial charge in [-0.15, -0.1) is 0 Å². The zero-order valence-corrected chi connectivity index (χ0v) is 19.7. The van der Waals surface area contributed by atoms with E-state index >= 15 is 0 Å². The third-order valence-corrected chi connectivity index (χ3v) is 7.35. The van der Waals surface area contributed by atoms with Crippen LogP contribution >= 0.6 is 11.6 Å². The third-order valence-electron chi connectivity index (χ3n) is 7.02. The predicted molar refractivity (Wildman–Crippen MR) is 122 cm³/mol. The maximum atomic E-state index is 13.0. The van der Waals surface area contributed by atoms with Gasteiger partial charge < -0.3 is 34.9 Å². The van der Waals surface area contributed by atoms with E-state index in [0.717, 1.165) is 51.7 Å². The number of benzene rings is 1. The van der Waals surface area contributed by atoms with Gasteiger partial charge in [0.2, 0.25) is 0 Å². The number of anilines is 1. The molecule has 3 aliphatic rings. The number of hydrogen-bond acceptors (Lipinski definition) is 7. The number of halogens is 1. The fourth-order valence-electron chi connectivity index (χ4n) is 5.16. The molecule has 0 aromatic heterocycles. The van der Waals surface area contributed by atoms with Gasteiger partial charge in [0.05, 0.1) is 48.7 Å². The lowest BCUT2D eigenvalue weighted by Gasteiger charge is -2.41. The lowest BCUT2D eigenvalue weighted by atomic mass is 9.84. The molecule has 2 heterocycles. The number of likely N-dealkylation sites (tertiary alicyclic amines) is 1. The van der Waals surface area contributed by atoms with Crippen LogP contribution in [0.4, 0.5) is 5.69 Å². The zero-order valence-electron chi connectivity index (χ0n) is 18.9. The molecule has 9 heteroatoms. The molecule has 2 atom stereocenters. The molecule has 2 saturated heterocycles. The summed E-state index contributed by atoms with van der Waals surface area (Å²) in [5.74, 6) is 0.493. The molecule has 178 valence electrons. The minimum atomic E-state index is -0.311. The van der Waals surface area contributed by atoms with E-state index in [9.17, 15) is 4.79 Å². The molecule has 8 nitrogen and oxygen atoms in total. The highest BCUT2D eigenvalue weighted by Gasteiger charge is 2.41. The van der Waals surface area contributed by atoms with Crippen LogP contribution < -0.4 is 15.8 Å². The van der Waals surface area contributed by atoms with Crippen molar-refractivity contribution < 1.29 is 23.7 Å². The smallest absolute Gasteiger partial charge is 0.255 e. The largest absolute Gasteiger partial charge is 0.496 e. The highest BCUT2D eigenvalue weighted by atomic mass is 35.5. The molecule has 1 spiro atoms. The van der Waals surface area contributed by atoms with Crippen molar-refractivity contribution in [3.8, 4) is 5.75 Å². The number of hydrogen-bond donors (Lipinski definition) is 2. The Balaban J connectivity index is 1.31. The Kier molecular flexibility index (Phi) is 7.47. The summed E-state index contributed by atoms with van der Waals surface area (Å²) in [4.78, 5) is 15.4.